The fourth-order valence-corrected chi connectivity index (χ4v) is 3.84. The topological polar surface area (TPSA) is 153 Å². The van der Waals surface area contributed by atoms with Crippen LogP contribution in [0.2, 0.25) is 0 Å². The number of carbonyl (C=O) groups excluding carboxylic acids is 3. The summed E-state index contributed by atoms with van der Waals surface area (Å²) in [6.07, 6.45) is 1.19. The number of ether oxygens (including phenoxy) is 4. The third kappa shape index (κ3) is 11.4. The number of methoxy groups -OCH3 is 1. The molecule has 1 aliphatic rings. The number of anilines is 1. The van der Waals surface area contributed by atoms with Gasteiger partial charge in [0.1, 0.15) is 23.5 Å². The molecule has 11 heteroatoms. The van der Waals surface area contributed by atoms with E-state index in [1.807, 2.05) is 0 Å². The number of aliphatic hydroxyl groups is 1. The number of phenols is 1. The van der Waals surface area contributed by atoms with Gasteiger partial charge in [-0.15, -0.1) is 0 Å². The maximum atomic E-state index is 13.0. The standard InChI is InChI=1S/C28H42N2O9/c1-19-7-8-24(32)27(34)23(31)6-4-5-21-17-22(18-25(33)26(21)28(35)39-20(19)2)30-10-9-29-11-12-37-15-16-38-14-13-36-3/h7-8,17-20,23,29-31,33H,4-6,9-16H2,1-3H3/b8-7-/t19-,20+,23?/m1/s1. The van der Waals surface area contributed by atoms with Crippen LogP contribution in [0, 0.1) is 5.92 Å². The molecule has 11 nitrogen and oxygen atoms in total. The minimum Gasteiger partial charge on any atom is -0.507 e. The van der Waals surface area contributed by atoms with Crippen molar-refractivity contribution in [2.75, 3.05) is 65.1 Å². The molecule has 0 spiro atoms. The van der Waals surface area contributed by atoms with Gasteiger partial charge >= 0.3 is 5.97 Å². The molecule has 0 aliphatic carbocycles. The molecule has 2 rings (SSSR count). The first kappa shape index (κ1) is 32.4. The normalized spacial score (nSPS) is 21.6. The summed E-state index contributed by atoms with van der Waals surface area (Å²) >= 11 is 0. The van der Waals surface area contributed by atoms with E-state index in [0.717, 1.165) is 6.08 Å². The van der Waals surface area contributed by atoms with Crippen LogP contribution in [-0.2, 0) is 35.0 Å². The second kappa shape index (κ2) is 17.7. The van der Waals surface area contributed by atoms with E-state index in [1.165, 1.54) is 12.1 Å². The van der Waals surface area contributed by atoms with E-state index in [0.29, 0.717) is 70.3 Å². The van der Waals surface area contributed by atoms with Crippen molar-refractivity contribution >= 4 is 23.2 Å². The molecule has 39 heavy (non-hydrogen) atoms. The Morgan fingerprint density at radius 1 is 1.00 bits per heavy atom. The van der Waals surface area contributed by atoms with Crippen LogP contribution in [0.5, 0.6) is 5.75 Å². The molecular weight excluding hydrogens is 508 g/mol. The van der Waals surface area contributed by atoms with Gasteiger partial charge in [0, 0.05) is 44.4 Å². The highest BCUT2D eigenvalue weighted by molar-refractivity contribution is 6.43. The Bertz CT molecular complexity index is 967. The van der Waals surface area contributed by atoms with Crippen molar-refractivity contribution in [3.05, 3.63) is 35.4 Å². The summed E-state index contributed by atoms with van der Waals surface area (Å²) < 4.78 is 21.3. The quantitative estimate of drug-likeness (QED) is 0.161. The van der Waals surface area contributed by atoms with E-state index in [4.69, 9.17) is 18.9 Å². The molecule has 0 fully saturated rings. The van der Waals surface area contributed by atoms with E-state index in [1.54, 1.807) is 27.0 Å². The Balaban J connectivity index is 1.95. The summed E-state index contributed by atoms with van der Waals surface area (Å²) in [5, 5.41) is 27.4. The minimum absolute atomic E-state index is 0.0442. The predicted molar refractivity (Wildman–Crippen MR) is 145 cm³/mol. The van der Waals surface area contributed by atoms with Crippen LogP contribution in [0.1, 0.15) is 42.6 Å². The van der Waals surface area contributed by atoms with Crippen molar-refractivity contribution in [3.63, 3.8) is 0 Å². The van der Waals surface area contributed by atoms with Crippen LogP contribution < -0.4 is 10.6 Å². The maximum Gasteiger partial charge on any atom is 0.342 e. The molecule has 1 aromatic carbocycles. The van der Waals surface area contributed by atoms with Gasteiger partial charge in [0.05, 0.1) is 33.0 Å². The Kier molecular flexibility index (Phi) is 14.7. The van der Waals surface area contributed by atoms with E-state index >= 15 is 0 Å². The highest BCUT2D eigenvalue weighted by Gasteiger charge is 2.26. The number of benzene rings is 1. The molecule has 1 aromatic rings. The smallest absolute Gasteiger partial charge is 0.342 e. The van der Waals surface area contributed by atoms with Crippen molar-refractivity contribution < 1.29 is 43.5 Å². The molecule has 4 N–H and O–H groups in total. The van der Waals surface area contributed by atoms with Crippen LogP contribution in [0.25, 0.3) is 0 Å². The van der Waals surface area contributed by atoms with Gasteiger partial charge < -0.3 is 39.8 Å². The fourth-order valence-electron chi connectivity index (χ4n) is 3.84. The average molecular weight is 551 g/mol. The van der Waals surface area contributed by atoms with E-state index in [-0.39, 0.29) is 30.1 Å². The summed E-state index contributed by atoms with van der Waals surface area (Å²) in [4.78, 5) is 37.3. The molecule has 0 saturated heterocycles. The lowest BCUT2D eigenvalue weighted by Gasteiger charge is -2.20. The number of allylic oxidation sites excluding steroid dienone is 1. The number of aromatic hydroxyl groups is 1. The number of aryl methyl sites for hydroxylation is 1. The lowest BCUT2D eigenvalue weighted by atomic mass is 9.96. The number of carbonyl (C=O) groups is 3. The number of aliphatic hydroxyl groups excluding tert-OH is 1. The number of hydrogen-bond acceptors (Lipinski definition) is 11. The zero-order valence-corrected chi connectivity index (χ0v) is 23.1. The number of fused-ring (bicyclic) bond motifs is 1. The van der Waals surface area contributed by atoms with Crippen LogP contribution in [0.3, 0.4) is 0 Å². The van der Waals surface area contributed by atoms with Gasteiger partial charge in [-0.2, -0.15) is 0 Å². The molecule has 1 unspecified atom stereocenters. The molecule has 0 amide bonds. The minimum atomic E-state index is -1.43. The molecule has 1 heterocycles. The van der Waals surface area contributed by atoms with Crippen molar-refractivity contribution in [1.29, 1.82) is 0 Å². The zero-order valence-electron chi connectivity index (χ0n) is 23.1. The van der Waals surface area contributed by atoms with Crippen LogP contribution in [-0.4, -0.2) is 99.7 Å². The van der Waals surface area contributed by atoms with Gasteiger partial charge in [0.2, 0.25) is 11.6 Å². The lowest BCUT2D eigenvalue weighted by molar-refractivity contribution is -0.139. The maximum absolute atomic E-state index is 13.0. The molecule has 0 saturated carbocycles. The largest absolute Gasteiger partial charge is 0.507 e. The number of phenolic OH excluding ortho intramolecular Hbond substituents is 1. The molecular formula is C28H42N2O9. The SMILES string of the molecule is COCCOCCOCCNCCNc1cc(O)c2c(c1)CCCC(O)C(=O)C(=O)/C=C\[C@@H](C)[C@H](C)OC2=O. The average Bonchev–Trinajstić information content (AvgIpc) is 2.90. The molecule has 0 bridgehead atoms. The number of rotatable bonds is 13. The number of esters is 1. The van der Waals surface area contributed by atoms with Crippen LogP contribution in [0.15, 0.2) is 24.3 Å². The first-order valence-electron chi connectivity index (χ1n) is 13.3. The third-order valence-electron chi connectivity index (χ3n) is 6.31. The second-order valence-corrected chi connectivity index (χ2v) is 9.39. The van der Waals surface area contributed by atoms with Crippen molar-refractivity contribution in [1.82, 2.24) is 5.32 Å². The van der Waals surface area contributed by atoms with E-state index in [2.05, 4.69) is 10.6 Å². The summed E-state index contributed by atoms with van der Waals surface area (Å²) in [6, 6.07) is 3.23. The molecule has 1 aliphatic heterocycles. The van der Waals surface area contributed by atoms with Gasteiger partial charge in [-0.25, -0.2) is 4.79 Å². The highest BCUT2D eigenvalue weighted by atomic mass is 16.5. The Labute approximate surface area is 229 Å². The summed E-state index contributed by atoms with van der Waals surface area (Å²) in [5.74, 6) is -2.92. The Morgan fingerprint density at radius 2 is 1.72 bits per heavy atom. The highest BCUT2D eigenvalue weighted by Crippen LogP contribution is 2.30. The Hall–Kier alpha value is -2.83. The van der Waals surface area contributed by atoms with Crippen molar-refractivity contribution in [2.45, 2.75) is 45.3 Å². The second-order valence-electron chi connectivity index (χ2n) is 9.39. The van der Waals surface area contributed by atoms with E-state index in [9.17, 15) is 24.6 Å². The number of hydrogen-bond donors (Lipinski definition) is 4. The first-order chi connectivity index (χ1) is 18.7. The monoisotopic (exact) mass is 550 g/mol. The molecule has 218 valence electrons. The number of Topliss-reactive ketones (excluding diaryl/α,β-unsaturated/α-hetero) is 1. The fraction of sp³-hybridized carbons (Fsp3) is 0.607. The number of ketones is 2. The first-order valence-corrected chi connectivity index (χ1v) is 13.3. The van der Waals surface area contributed by atoms with E-state index < -0.39 is 29.7 Å². The van der Waals surface area contributed by atoms with Crippen LogP contribution in [0.4, 0.5) is 5.69 Å². The van der Waals surface area contributed by atoms with Gasteiger partial charge in [-0.1, -0.05) is 13.0 Å². The summed E-state index contributed by atoms with van der Waals surface area (Å²) in [5.41, 5.74) is 1.19. The lowest BCUT2D eigenvalue weighted by Crippen LogP contribution is -2.28. The predicted octanol–water partition coefficient (Wildman–Crippen LogP) is 1.65. The molecule has 3 atom stereocenters. The number of cyclic esters (lactones) is 1. The van der Waals surface area contributed by atoms with Gasteiger partial charge in [0.15, 0.2) is 0 Å². The van der Waals surface area contributed by atoms with Crippen molar-refractivity contribution in [3.8, 4) is 5.75 Å². The van der Waals surface area contributed by atoms with Crippen LogP contribution >= 0.6 is 0 Å². The summed E-state index contributed by atoms with van der Waals surface area (Å²) in [7, 11) is 1.62. The zero-order chi connectivity index (χ0) is 28.6. The molecule has 0 aromatic heterocycles. The van der Waals surface area contributed by atoms with Crippen molar-refractivity contribution in [2.24, 2.45) is 5.92 Å². The summed E-state index contributed by atoms with van der Waals surface area (Å²) in [6.45, 7) is 7.93. The number of nitrogens with one attached hydrogen (secondary N) is 2. The molecule has 0 radical (unpaired) electrons. The Morgan fingerprint density at radius 3 is 2.46 bits per heavy atom. The van der Waals surface area contributed by atoms with Gasteiger partial charge in [-0.3, -0.25) is 9.59 Å². The third-order valence-corrected chi connectivity index (χ3v) is 6.31. The van der Waals surface area contributed by atoms with Gasteiger partial charge in [-0.05, 0) is 43.9 Å². The van der Waals surface area contributed by atoms with Gasteiger partial charge in [0.25, 0.3) is 0 Å².